The molecule has 0 saturated heterocycles. The quantitative estimate of drug-likeness (QED) is 0.833. The van der Waals surface area contributed by atoms with E-state index in [-0.39, 0.29) is 0 Å². The number of benzene rings is 1. The summed E-state index contributed by atoms with van der Waals surface area (Å²) >= 11 is 0. The minimum Gasteiger partial charge on any atom is -0.359 e. The van der Waals surface area contributed by atoms with Crippen LogP contribution in [0.25, 0.3) is 0 Å². The standard InChI is InChI=1S/C15H20N4O2/c1-3-17-15(21)18-14(20)12(2)19(11-7-10-16)13-8-5-4-6-9-13/h4-6,8-9,12H,3,7,11H2,1-2H3,(H2,17,18,20,21). The summed E-state index contributed by atoms with van der Waals surface area (Å²) < 4.78 is 0. The maximum absolute atomic E-state index is 12.1. The molecule has 21 heavy (non-hydrogen) atoms. The van der Waals surface area contributed by atoms with Crippen molar-refractivity contribution in [3.63, 3.8) is 0 Å². The van der Waals surface area contributed by atoms with Gasteiger partial charge in [0.1, 0.15) is 6.04 Å². The molecule has 0 aliphatic heterocycles. The number of nitrogens with zero attached hydrogens (tertiary/aromatic N) is 2. The van der Waals surface area contributed by atoms with Crippen molar-refractivity contribution in [2.75, 3.05) is 18.0 Å². The lowest BCUT2D eigenvalue weighted by molar-refractivity contribution is -0.121. The first-order chi connectivity index (χ1) is 10.1. The van der Waals surface area contributed by atoms with Gasteiger partial charge in [0.2, 0.25) is 5.91 Å². The van der Waals surface area contributed by atoms with E-state index in [9.17, 15) is 9.59 Å². The molecular formula is C15H20N4O2. The Balaban J connectivity index is 2.80. The van der Waals surface area contributed by atoms with Crippen LogP contribution < -0.4 is 15.5 Å². The molecule has 0 aromatic heterocycles. The smallest absolute Gasteiger partial charge is 0.321 e. The van der Waals surface area contributed by atoms with Gasteiger partial charge in [0, 0.05) is 18.8 Å². The van der Waals surface area contributed by atoms with E-state index in [1.54, 1.807) is 18.7 Å². The fraction of sp³-hybridized carbons (Fsp3) is 0.400. The third-order valence-electron chi connectivity index (χ3n) is 2.97. The van der Waals surface area contributed by atoms with Gasteiger partial charge in [-0.2, -0.15) is 5.26 Å². The van der Waals surface area contributed by atoms with Crippen LogP contribution in [0.2, 0.25) is 0 Å². The fourth-order valence-electron chi connectivity index (χ4n) is 1.90. The Kier molecular flexibility index (Phi) is 6.75. The van der Waals surface area contributed by atoms with Gasteiger partial charge in [-0.05, 0) is 26.0 Å². The molecular weight excluding hydrogens is 268 g/mol. The molecule has 0 bridgehead atoms. The highest BCUT2D eigenvalue weighted by Crippen LogP contribution is 2.17. The molecule has 2 N–H and O–H groups in total. The highest BCUT2D eigenvalue weighted by atomic mass is 16.2. The fourth-order valence-corrected chi connectivity index (χ4v) is 1.90. The topological polar surface area (TPSA) is 85.2 Å². The molecule has 1 unspecified atom stereocenters. The lowest BCUT2D eigenvalue weighted by Gasteiger charge is -2.29. The lowest BCUT2D eigenvalue weighted by atomic mass is 10.2. The number of nitrogens with one attached hydrogen (secondary N) is 2. The van der Waals surface area contributed by atoms with Crippen LogP contribution in [0, 0.1) is 11.3 Å². The highest BCUT2D eigenvalue weighted by molar-refractivity contribution is 5.98. The molecule has 112 valence electrons. The van der Waals surface area contributed by atoms with Gasteiger partial charge in [-0.15, -0.1) is 0 Å². The van der Waals surface area contributed by atoms with E-state index in [0.29, 0.717) is 19.5 Å². The summed E-state index contributed by atoms with van der Waals surface area (Å²) in [6.07, 6.45) is 0.299. The molecule has 0 saturated carbocycles. The van der Waals surface area contributed by atoms with Gasteiger partial charge in [-0.3, -0.25) is 10.1 Å². The number of imide groups is 1. The van der Waals surface area contributed by atoms with E-state index < -0.39 is 18.0 Å². The van der Waals surface area contributed by atoms with Crippen molar-refractivity contribution in [2.45, 2.75) is 26.3 Å². The first-order valence-corrected chi connectivity index (χ1v) is 6.87. The van der Waals surface area contributed by atoms with E-state index in [2.05, 4.69) is 16.7 Å². The average Bonchev–Trinajstić information content (AvgIpc) is 2.48. The predicted molar refractivity (Wildman–Crippen MR) is 80.7 cm³/mol. The Hall–Kier alpha value is -2.55. The molecule has 1 atom stereocenters. The van der Waals surface area contributed by atoms with Crippen molar-refractivity contribution in [1.29, 1.82) is 5.26 Å². The Labute approximate surface area is 124 Å². The molecule has 1 rings (SSSR count). The van der Waals surface area contributed by atoms with E-state index in [0.717, 1.165) is 5.69 Å². The number of amides is 3. The van der Waals surface area contributed by atoms with Gasteiger partial charge in [-0.1, -0.05) is 18.2 Å². The number of carbonyl (C=O) groups excluding carboxylic acids is 2. The van der Waals surface area contributed by atoms with Gasteiger partial charge in [0.15, 0.2) is 0 Å². The Morgan fingerprint density at radius 1 is 1.33 bits per heavy atom. The number of nitriles is 1. The Morgan fingerprint density at radius 2 is 2.00 bits per heavy atom. The zero-order chi connectivity index (χ0) is 15.7. The molecule has 1 aromatic rings. The van der Waals surface area contributed by atoms with Gasteiger partial charge in [0.25, 0.3) is 0 Å². The van der Waals surface area contributed by atoms with Crippen LogP contribution in [0.4, 0.5) is 10.5 Å². The molecule has 6 nitrogen and oxygen atoms in total. The largest absolute Gasteiger partial charge is 0.359 e. The number of para-hydroxylation sites is 1. The highest BCUT2D eigenvalue weighted by Gasteiger charge is 2.22. The SMILES string of the molecule is CCNC(=O)NC(=O)C(C)N(CCC#N)c1ccccc1. The summed E-state index contributed by atoms with van der Waals surface area (Å²) in [5.74, 6) is -0.400. The Morgan fingerprint density at radius 3 is 2.57 bits per heavy atom. The summed E-state index contributed by atoms with van der Waals surface area (Å²) in [6, 6.07) is 10.4. The molecule has 3 amide bonds. The zero-order valence-corrected chi connectivity index (χ0v) is 12.3. The van der Waals surface area contributed by atoms with Crippen molar-refractivity contribution in [2.24, 2.45) is 0 Å². The molecule has 0 fully saturated rings. The van der Waals surface area contributed by atoms with Crippen molar-refractivity contribution in [3.8, 4) is 6.07 Å². The first kappa shape index (κ1) is 16.5. The van der Waals surface area contributed by atoms with Crippen molar-refractivity contribution in [3.05, 3.63) is 30.3 Å². The lowest BCUT2D eigenvalue weighted by Crippen LogP contribution is -2.50. The summed E-state index contributed by atoms with van der Waals surface area (Å²) in [5.41, 5.74) is 0.839. The Bertz CT molecular complexity index is 510. The second-order valence-corrected chi connectivity index (χ2v) is 4.46. The zero-order valence-electron chi connectivity index (χ0n) is 12.3. The van der Waals surface area contributed by atoms with E-state index in [4.69, 9.17) is 5.26 Å². The van der Waals surface area contributed by atoms with E-state index in [1.165, 1.54) is 0 Å². The predicted octanol–water partition coefficient (Wildman–Crippen LogP) is 1.64. The van der Waals surface area contributed by atoms with Crippen LogP contribution >= 0.6 is 0 Å². The number of hydrogen-bond acceptors (Lipinski definition) is 4. The van der Waals surface area contributed by atoms with Gasteiger partial charge < -0.3 is 10.2 Å². The van der Waals surface area contributed by atoms with Crippen LogP contribution in [0.15, 0.2) is 30.3 Å². The molecule has 6 heteroatoms. The van der Waals surface area contributed by atoms with Gasteiger partial charge >= 0.3 is 6.03 Å². The van der Waals surface area contributed by atoms with Crippen LogP contribution in [-0.2, 0) is 4.79 Å². The monoisotopic (exact) mass is 288 g/mol. The van der Waals surface area contributed by atoms with Gasteiger partial charge in [-0.25, -0.2) is 4.79 Å². The molecule has 0 heterocycles. The summed E-state index contributed by atoms with van der Waals surface area (Å²) in [5, 5.41) is 13.6. The normalized spacial score (nSPS) is 11.1. The van der Waals surface area contributed by atoms with Gasteiger partial charge in [0.05, 0.1) is 12.5 Å². The third kappa shape index (κ3) is 5.15. The van der Waals surface area contributed by atoms with Crippen LogP contribution in [0.1, 0.15) is 20.3 Å². The summed E-state index contributed by atoms with van der Waals surface area (Å²) in [7, 11) is 0. The number of anilines is 1. The molecule has 0 aliphatic carbocycles. The number of carbonyl (C=O) groups is 2. The van der Waals surface area contributed by atoms with Crippen molar-refractivity contribution >= 4 is 17.6 Å². The third-order valence-corrected chi connectivity index (χ3v) is 2.97. The average molecular weight is 288 g/mol. The number of urea groups is 1. The summed E-state index contributed by atoms with van der Waals surface area (Å²) in [6.45, 7) is 4.35. The van der Waals surface area contributed by atoms with Crippen LogP contribution in [0.3, 0.4) is 0 Å². The molecule has 0 radical (unpaired) electrons. The number of hydrogen-bond donors (Lipinski definition) is 2. The number of rotatable bonds is 6. The maximum atomic E-state index is 12.1. The van der Waals surface area contributed by atoms with Crippen molar-refractivity contribution in [1.82, 2.24) is 10.6 Å². The minimum absolute atomic E-state index is 0.299. The molecule has 0 spiro atoms. The minimum atomic E-state index is -0.552. The molecule has 1 aromatic carbocycles. The van der Waals surface area contributed by atoms with E-state index in [1.807, 2.05) is 30.3 Å². The second kappa shape index (κ2) is 8.59. The molecule has 0 aliphatic rings. The van der Waals surface area contributed by atoms with E-state index >= 15 is 0 Å². The maximum Gasteiger partial charge on any atom is 0.321 e. The summed E-state index contributed by atoms with van der Waals surface area (Å²) in [4.78, 5) is 25.3. The first-order valence-electron chi connectivity index (χ1n) is 6.87. The van der Waals surface area contributed by atoms with Crippen LogP contribution in [-0.4, -0.2) is 31.1 Å². The second-order valence-electron chi connectivity index (χ2n) is 4.46. The van der Waals surface area contributed by atoms with Crippen LogP contribution in [0.5, 0.6) is 0 Å². The van der Waals surface area contributed by atoms with Crippen molar-refractivity contribution < 1.29 is 9.59 Å².